The van der Waals surface area contributed by atoms with Gasteiger partial charge in [-0.25, -0.2) is 0 Å². The number of phenols is 2. The summed E-state index contributed by atoms with van der Waals surface area (Å²) in [5.41, 5.74) is 0. The average Bonchev–Trinajstić information content (AvgIpc) is 2.28. The fraction of sp³-hybridized carbons (Fsp3) is 0. The number of aromatic hydroxyl groups is 2. The van der Waals surface area contributed by atoms with Crippen LogP contribution < -0.4 is 0 Å². The van der Waals surface area contributed by atoms with Crippen molar-refractivity contribution in [1.29, 1.82) is 0 Å². The van der Waals surface area contributed by atoms with Crippen LogP contribution in [0.4, 0.5) is 0 Å². The monoisotopic (exact) mass is 346 g/mol. The molecule has 0 aliphatic rings. The van der Waals surface area contributed by atoms with E-state index in [9.17, 15) is 0 Å². The molecule has 0 atom stereocenters. The first-order valence-electron chi connectivity index (χ1n) is 4.48. The van der Waals surface area contributed by atoms with E-state index >= 15 is 0 Å². The van der Waals surface area contributed by atoms with Gasteiger partial charge in [0.15, 0.2) is 0 Å². The van der Waals surface area contributed by atoms with Crippen LogP contribution in [0.15, 0.2) is 48.5 Å². The fourth-order valence-electron chi connectivity index (χ4n) is 0.903. The first-order valence-corrected chi connectivity index (χ1v) is 5.24. The molecule has 0 aliphatic heterocycles. The summed E-state index contributed by atoms with van der Waals surface area (Å²) in [6, 6.07) is 13.3. The minimum absolute atomic E-state index is 0. The van der Waals surface area contributed by atoms with Gasteiger partial charge in [-0.1, -0.05) is 47.5 Å². The number of phenolic OH excluding ortho intramolecular Hbond substituents is 2. The normalized spacial score (nSPS) is 8.59. The summed E-state index contributed by atoms with van der Waals surface area (Å²) in [7, 11) is 0. The molecule has 0 saturated heterocycles. The Hall–Kier alpha value is -0.497. The molecule has 0 fully saturated rings. The Morgan fingerprint density at radius 2 is 0.941 bits per heavy atom. The van der Waals surface area contributed by atoms with Crippen LogP contribution in [0.2, 0.25) is 10.0 Å². The fourth-order valence-corrected chi connectivity index (χ4v) is 1.17. The van der Waals surface area contributed by atoms with Gasteiger partial charge in [-0.15, -0.1) is 0 Å². The van der Waals surface area contributed by atoms with Crippen molar-refractivity contribution in [3.8, 4) is 11.5 Å². The molecule has 5 heteroatoms. The van der Waals surface area contributed by atoms with Crippen molar-refractivity contribution in [1.82, 2.24) is 0 Å². The summed E-state index contributed by atoms with van der Waals surface area (Å²) in [6.07, 6.45) is 0. The zero-order valence-electron chi connectivity index (χ0n) is 8.77. The summed E-state index contributed by atoms with van der Waals surface area (Å²) in [5, 5.41) is 18.4. The Morgan fingerprint density at radius 3 is 1.12 bits per heavy atom. The van der Waals surface area contributed by atoms with E-state index < -0.39 is 0 Å². The van der Waals surface area contributed by atoms with Crippen molar-refractivity contribution in [3.63, 3.8) is 0 Å². The summed E-state index contributed by atoms with van der Waals surface area (Å²) in [6.45, 7) is 0. The van der Waals surface area contributed by atoms with Gasteiger partial charge in [0.05, 0.1) is 10.0 Å². The molecule has 0 heterocycles. The maximum absolute atomic E-state index is 8.79. The maximum atomic E-state index is 8.79. The topological polar surface area (TPSA) is 40.5 Å². The molecule has 2 aromatic carbocycles. The molecular formula is C12H10Cl2O2Zr. The minimum Gasteiger partial charge on any atom is -0.506 e. The average molecular weight is 348 g/mol. The smallest absolute Gasteiger partial charge is 0.134 e. The molecule has 2 N–H and O–H groups in total. The Balaban J connectivity index is 0.000000284. The molecule has 0 spiro atoms. The molecular weight excluding hydrogens is 338 g/mol. The van der Waals surface area contributed by atoms with E-state index in [1.807, 2.05) is 0 Å². The summed E-state index contributed by atoms with van der Waals surface area (Å²) in [5.74, 6) is 0.267. The number of hydrogen-bond acceptors (Lipinski definition) is 2. The molecule has 0 aliphatic carbocycles. The summed E-state index contributed by atoms with van der Waals surface area (Å²) < 4.78 is 0. The van der Waals surface area contributed by atoms with Gasteiger partial charge in [-0.05, 0) is 24.3 Å². The van der Waals surface area contributed by atoms with E-state index in [1.165, 1.54) is 0 Å². The minimum atomic E-state index is 0. The molecule has 2 nitrogen and oxygen atoms in total. The quantitative estimate of drug-likeness (QED) is 0.753. The first kappa shape index (κ1) is 16.5. The van der Waals surface area contributed by atoms with E-state index in [1.54, 1.807) is 48.5 Å². The van der Waals surface area contributed by atoms with Gasteiger partial charge in [-0.3, -0.25) is 0 Å². The Labute approximate surface area is 129 Å². The van der Waals surface area contributed by atoms with Gasteiger partial charge in [0.2, 0.25) is 0 Å². The first-order chi connectivity index (χ1) is 7.61. The van der Waals surface area contributed by atoms with Crippen LogP contribution in [0.5, 0.6) is 11.5 Å². The van der Waals surface area contributed by atoms with Gasteiger partial charge in [0.25, 0.3) is 0 Å². The number of para-hydroxylation sites is 2. The third kappa shape index (κ3) is 6.11. The van der Waals surface area contributed by atoms with E-state index in [0.29, 0.717) is 10.0 Å². The number of halogens is 2. The zero-order chi connectivity index (χ0) is 12.0. The van der Waals surface area contributed by atoms with Gasteiger partial charge < -0.3 is 10.2 Å². The van der Waals surface area contributed by atoms with Gasteiger partial charge in [0, 0.05) is 26.2 Å². The SMILES string of the molecule is Oc1ccccc1Cl.Oc1ccccc1Cl.[Zr]. The maximum Gasteiger partial charge on any atom is 0.134 e. The molecule has 0 unspecified atom stereocenters. The van der Waals surface area contributed by atoms with Gasteiger partial charge >= 0.3 is 0 Å². The summed E-state index contributed by atoms with van der Waals surface area (Å²) >= 11 is 10.9. The number of benzene rings is 2. The van der Waals surface area contributed by atoms with Crippen LogP contribution in [0.1, 0.15) is 0 Å². The predicted octanol–water partition coefficient (Wildman–Crippen LogP) is 4.09. The van der Waals surface area contributed by atoms with Crippen LogP contribution in [-0.2, 0) is 26.2 Å². The van der Waals surface area contributed by atoms with Crippen molar-refractivity contribution in [2.45, 2.75) is 0 Å². The largest absolute Gasteiger partial charge is 0.506 e. The molecule has 0 bridgehead atoms. The van der Waals surface area contributed by atoms with Crippen molar-refractivity contribution < 1.29 is 36.4 Å². The third-order valence-electron chi connectivity index (χ3n) is 1.70. The summed E-state index contributed by atoms with van der Waals surface area (Å²) in [4.78, 5) is 0. The Kier molecular flexibility index (Phi) is 8.32. The molecule has 0 saturated carbocycles. The van der Waals surface area contributed by atoms with Crippen molar-refractivity contribution in [2.75, 3.05) is 0 Å². The second kappa shape index (κ2) is 8.57. The van der Waals surface area contributed by atoms with Gasteiger partial charge in [0.1, 0.15) is 11.5 Å². The van der Waals surface area contributed by atoms with E-state index in [2.05, 4.69) is 0 Å². The zero-order valence-corrected chi connectivity index (χ0v) is 12.7. The van der Waals surface area contributed by atoms with Gasteiger partial charge in [-0.2, -0.15) is 0 Å². The van der Waals surface area contributed by atoms with E-state index in [-0.39, 0.29) is 37.7 Å². The molecule has 2 rings (SSSR count). The van der Waals surface area contributed by atoms with Crippen LogP contribution in [0.3, 0.4) is 0 Å². The van der Waals surface area contributed by atoms with Crippen molar-refractivity contribution in [2.24, 2.45) is 0 Å². The van der Waals surface area contributed by atoms with Crippen molar-refractivity contribution >= 4 is 23.2 Å². The second-order valence-electron chi connectivity index (χ2n) is 2.90. The molecule has 88 valence electrons. The standard InChI is InChI=1S/2C6H5ClO.Zr/c2*7-5-3-1-2-4-6(5)8;/h2*1-4,8H;. The van der Waals surface area contributed by atoms with Crippen molar-refractivity contribution in [3.05, 3.63) is 58.6 Å². The van der Waals surface area contributed by atoms with Crippen LogP contribution >= 0.6 is 23.2 Å². The predicted molar refractivity (Wildman–Crippen MR) is 66.2 cm³/mol. The van der Waals surface area contributed by atoms with Crippen LogP contribution in [0, 0.1) is 0 Å². The van der Waals surface area contributed by atoms with E-state index in [0.717, 1.165) is 0 Å². The number of rotatable bonds is 0. The third-order valence-corrected chi connectivity index (χ3v) is 2.34. The second-order valence-corrected chi connectivity index (χ2v) is 3.72. The van der Waals surface area contributed by atoms with Crippen LogP contribution in [0.25, 0.3) is 0 Å². The van der Waals surface area contributed by atoms with E-state index in [4.69, 9.17) is 33.4 Å². The Morgan fingerprint density at radius 1 is 0.647 bits per heavy atom. The molecule has 0 aromatic heterocycles. The Bertz CT molecular complexity index is 378. The number of hydrogen-bond donors (Lipinski definition) is 2. The van der Waals surface area contributed by atoms with Crippen LogP contribution in [-0.4, -0.2) is 10.2 Å². The molecule has 2 aromatic rings. The molecule has 0 amide bonds. The molecule has 17 heavy (non-hydrogen) atoms. The molecule has 0 radical (unpaired) electrons.